The van der Waals surface area contributed by atoms with Crippen molar-refractivity contribution in [3.05, 3.63) is 48.5 Å². The molecule has 0 atom stereocenters. The van der Waals surface area contributed by atoms with Crippen LogP contribution in [0.2, 0.25) is 0 Å². The quantitative estimate of drug-likeness (QED) is 0.734. The van der Waals surface area contributed by atoms with Crippen molar-refractivity contribution in [3.63, 3.8) is 0 Å². The van der Waals surface area contributed by atoms with Gasteiger partial charge in [-0.1, -0.05) is 26.0 Å². The van der Waals surface area contributed by atoms with Crippen molar-refractivity contribution >= 4 is 22.7 Å². The highest BCUT2D eigenvalue weighted by Gasteiger charge is 2.22. The van der Waals surface area contributed by atoms with E-state index in [1.165, 1.54) is 0 Å². The maximum absolute atomic E-state index is 4.89. The molecule has 3 aromatic rings. The van der Waals surface area contributed by atoms with E-state index in [0.29, 0.717) is 5.92 Å². The van der Waals surface area contributed by atoms with Crippen molar-refractivity contribution in [2.75, 3.05) is 36.0 Å². The molecule has 0 aliphatic carbocycles. The van der Waals surface area contributed by atoms with Crippen LogP contribution in [0.3, 0.4) is 0 Å². The van der Waals surface area contributed by atoms with Crippen molar-refractivity contribution in [1.29, 1.82) is 0 Å². The monoisotopic (exact) mass is 334 g/mol. The smallest absolute Gasteiger partial charge is 0.225 e. The lowest BCUT2D eigenvalue weighted by molar-refractivity contribution is 0.632. The summed E-state index contributed by atoms with van der Waals surface area (Å²) >= 11 is 0. The minimum atomic E-state index is 0.308. The second-order valence-corrected chi connectivity index (χ2v) is 6.60. The Morgan fingerprint density at radius 2 is 1.52 bits per heavy atom. The Kier molecular flexibility index (Phi) is 4.17. The first-order valence-corrected chi connectivity index (χ1v) is 8.76. The first kappa shape index (κ1) is 15.7. The number of anilines is 2. The van der Waals surface area contributed by atoms with Gasteiger partial charge < -0.3 is 9.80 Å². The molecule has 6 heteroatoms. The summed E-state index contributed by atoms with van der Waals surface area (Å²) in [6.07, 6.45) is 3.59. The number of rotatable bonds is 3. The van der Waals surface area contributed by atoms with Crippen LogP contribution in [0, 0.1) is 0 Å². The average molecular weight is 334 g/mol. The second-order valence-electron chi connectivity index (χ2n) is 6.60. The van der Waals surface area contributed by atoms with Gasteiger partial charge in [0.2, 0.25) is 5.95 Å². The SMILES string of the molecule is CC(C)c1nc(N2CCN(c3ncccn3)CC2)c2ccccc2n1. The van der Waals surface area contributed by atoms with Gasteiger partial charge in [0.05, 0.1) is 5.52 Å². The van der Waals surface area contributed by atoms with Crippen LogP contribution in [-0.4, -0.2) is 46.1 Å². The van der Waals surface area contributed by atoms with E-state index >= 15 is 0 Å². The average Bonchev–Trinajstić information content (AvgIpc) is 2.68. The minimum absolute atomic E-state index is 0.308. The molecule has 0 radical (unpaired) electrons. The highest BCUT2D eigenvalue weighted by atomic mass is 15.3. The molecule has 0 unspecified atom stereocenters. The predicted molar refractivity (Wildman–Crippen MR) is 100 cm³/mol. The number of fused-ring (bicyclic) bond motifs is 1. The van der Waals surface area contributed by atoms with Crippen molar-refractivity contribution < 1.29 is 0 Å². The molecule has 0 spiro atoms. The molecule has 3 heterocycles. The summed E-state index contributed by atoms with van der Waals surface area (Å²) in [7, 11) is 0. The Balaban J connectivity index is 1.62. The zero-order valence-electron chi connectivity index (χ0n) is 14.6. The summed E-state index contributed by atoms with van der Waals surface area (Å²) in [5.74, 6) is 3.06. The first-order valence-electron chi connectivity index (χ1n) is 8.76. The summed E-state index contributed by atoms with van der Waals surface area (Å²) in [6, 6.07) is 10.1. The zero-order valence-corrected chi connectivity index (χ0v) is 14.6. The van der Waals surface area contributed by atoms with Gasteiger partial charge in [-0.3, -0.25) is 0 Å². The summed E-state index contributed by atoms with van der Waals surface area (Å²) in [5.41, 5.74) is 1.02. The Morgan fingerprint density at radius 1 is 0.840 bits per heavy atom. The maximum atomic E-state index is 4.89. The van der Waals surface area contributed by atoms with Crippen LogP contribution >= 0.6 is 0 Å². The molecule has 6 nitrogen and oxygen atoms in total. The number of hydrogen-bond acceptors (Lipinski definition) is 6. The third-order valence-electron chi connectivity index (χ3n) is 4.53. The largest absolute Gasteiger partial charge is 0.352 e. The number of piperazine rings is 1. The minimum Gasteiger partial charge on any atom is -0.352 e. The van der Waals surface area contributed by atoms with Gasteiger partial charge in [-0.15, -0.1) is 0 Å². The van der Waals surface area contributed by atoms with E-state index in [9.17, 15) is 0 Å². The standard InChI is InChI=1S/C19H22N6/c1-14(2)17-22-16-7-4-3-6-15(16)18(23-17)24-10-12-25(13-11-24)19-20-8-5-9-21-19/h3-9,14H,10-13H2,1-2H3. The molecule has 1 aliphatic heterocycles. The molecule has 1 aromatic carbocycles. The Labute approximate surface area is 147 Å². The molecule has 1 fully saturated rings. The molecule has 128 valence electrons. The normalized spacial score (nSPS) is 15.2. The van der Waals surface area contributed by atoms with Crippen LogP contribution in [-0.2, 0) is 0 Å². The second kappa shape index (κ2) is 6.63. The fourth-order valence-corrected chi connectivity index (χ4v) is 3.15. The van der Waals surface area contributed by atoms with Crippen molar-refractivity contribution in [2.45, 2.75) is 19.8 Å². The van der Waals surface area contributed by atoms with Gasteiger partial charge >= 0.3 is 0 Å². The molecule has 0 N–H and O–H groups in total. The summed E-state index contributed by atoms with van der Waals surface area (Å²) < 4.78 is 0. The highest BCUT2D eigenvalue weighted by molar-refractivity contribution is 5.89. The van der Waals surface area contributed by atoms with Crippen LogP contribution in [0.15, 0.2) is 42.7 Å². The fourth-order valence-electron chi connectivity index (χ4n) is 3.15. The van der Waals surface area contributed by atoms with Crippen LogP contribution < -0.4 is 9.80 Å². The van der Waals surface area contributed by atoms with Crippen molar-refractivity contribution in [2.24, 2.45) is 0 Å². The number of hydrogen-bond donors (Lipinski definition) is 0. The fraction of sp³-hybridized carbons (Fsp3) is 0.368. The van der Waals surface area contributed by atoms with Gasteiger partial charge in [0.15, 0.2) is 0 Å². The van der Waals surface area contributed by atoms with E-state index in [0.717, 1.165) is 54.7 Å². The van der Waals surface area contributed by atoms with Crippen LogP contribution in [0.4, 0.5) is 11.8 Å². The Morgan fingerprint density at radius 3 is 2.24 bits per heavy atom. The Bertz CT molecular complexity index is 856. The van der Waals surface area contributed by atoms with Gasteiger partial charge in [-0.05, 0) is 18.2 Å². The van der Waals surface area contributed by atoms with E-state index in [2.05, 4.69) is 51.8 Å². The van der Waals surface area contributed by atoms with E-state index in [1.54, 1.807) is 12.4 Å². The highest BCUT2D eigenvalue weighted by Crippen LogP contribution is 2.27. The van der Waals surface area contributed by atoms with E-state index in [4.69, 9.17) is 9.97 Å². The third kappa shape index (κ3) is 3.12. The molecule has 0 bridgehead atoms. The molecule has 0 saturated carbocycles. The zero-order chi connectivity index (χ0) is 17.2. The number of aromatic nitrogens is 4. The van der Waals surface area contributed by atoms with Crippen molar-refractivity contribution in [3.8, 4) is 0 Å². The van der Waals surface area contributed by atoms with Gasteiger partial charge in [0.25, 0.3) is 0 Å². The molecule has 1 saturated heterocycles. The van der Waals surface area contributed by atoms with Gasteiger partial charge in [0.1, 0.15) is 11.6 Å². The first-order chi connectivity index (χ1) is 12.2. The van der Waals surface area contributed by atoms with E-state index < -0.39 is 0 Å². The molecule has 2 aromatic heterocycles. The Hall–Kier alpha value is -2.76. The number of benzene rings is 1. The molecule has 4 rings (SSSR count). The molecule has 25 heavy (non-hydrogen) atoms. The lowest BCUT2D eigenvalue weighted by Crippen LogP contribution is -2.47. The van der Waals surface area contributed by atoms with Gasteiger partial charge in [-0.25, -0.2) is 19.9 Å². The molecular weight excluding hydrogens is 312 g/mol. The maximum Gasteiger partial charge on any atom is 0.225 e. The van der Waals surface area contributed by atoms with E-state index in [1.807, 2.05) is 12.1 Å². The lowest BCUT2D eigenvalue weighted by Gasteiger charge is -2.36. The van der Waals surface area contributed by atoms with Crippen LogP contribution in [0.5, 0.6) is 0 Å². The van der Waals surface area contributed by atoms with Crippen LogP contribution in [0.25, 0.3) is 10.9 Å². The number of para-hydroxylation sites is 1. The predicted octanol–water partition coefficient (Wildman–Crippen LogP) is 2.87. The summed E-state index contributed by atoms with van der Waals surface area (Å²) in [4.78, 5) is 22.9. The third-order valence-corrected chi connectivity index (χ3v) is 4.53. The van der Waals surface area contributed by atoms with Crippen LogP contribution in [0.1, 0.15) is 25.6 Å². The summed E-state index contributed by atoms with van der Waals surface area (Å²) in [6.45, 7) is 7.85. The molecular formula is C19H22N6. The topological polar surface area (TPSA) is 58.0 Å². The van der Waals surface area contributed by atoms with Gasteiger partial charge in [-0.2, -0.15) is 0 Å². The number of nitrogens with zero attached hydrogens (tertiary/aromatic N) is 6. The lowest BCUT2D eigenvalue weighted by atomic mass is 10.1. The van der Waals surface area contributed by atoms with E-state index in [-0.39, 0.29) is 0 Å². The van der Waals surface area contributed by atoms with Crippen molar-refractivity contribution in [1.82, 2.24) is 19.9 Å². The van der Waals surface area contributed by atoms with Gasteiger partial charge in [0, 0.05) is 49.9 Å². The molecule has 0 amide bonds. The molecule has 1 aliphatic rings. The summed E-state index contributed by atoms with van der Waals surface area (Å²) in [5, 5.41) is 1.12.